The van der Waals surface area contributed by atoms with Crippen LogP contribution in [0, 0.1) is 6.92 Å². The Bertz CT molecular complexity index is 1770. The van der Waals surface area contributed by atoms with Gasteiger partial charge in [0.25, 0.3) is 5.91 Å². The molecule has 1 aliphatic rings. The predicted molar refractivity (Wildman–Crippen MR) is 169 cm³/mol. The van der Waals surface area contributed by atoms with Crippen molar-refractivity contribution in [2.75, 3.05) is 38.1 Å². The molecular weight excluding hydrogens is 564 g/mol. The van der Waals surface area contributed by atoms with E-state index in [0.29, 0.717) is 34.7 Å². The molecule has 1 N–H and O–H groups in total. The number of rotatable bonds is 8. The fraction of sp³-hybridized carbons (Fsp3) is 0.281. The van der Waals surface area contributed by atoms with Crippen LogP contribution in [0.1, 0.15) is 37.7 Å². The molecule has 0 radical (unpaired) electrons. The summed E-state index contributed by atoms with van der Waals surface area (Å²) in [7, 11) is 4.02. The van der Waals surface area contributed by atoms with Crippen LogP contribution in [-0.4, -0.2) is 74.0 Å². The molecule has 0 atom stereocenters. The predicted octanol–water partition coefficient (Wildman–Crippen LogP) is 3.97. The van der Waals surface area contributed by atoms with Gasteiger partial charge in [0.1, 0.15) is 11.3 Å². The molecule has 0 unspecified atom stereocenters. The maximum absolute atomic E-state index is 13.4. The average molecular weight is 599 g/mol. The summed E-state index contributed by atoms with van der Waals surface area (Å²) in [6, 6.07) is 15.8. The maximum atomic E-state index is 13.4. The summed E-state index contributed by atoms with van der Waals surface area (Å²) >= 11 is 0. The third kappa shape index (κ3) is 6.30. The van der Waals surface area contributed by atoms with E-state index in [4.69, 9.17) is 0 Å². The number of benzene rings is 1. The van der Waals surface area contributed by atoms with Gasteiger partial charge in [0.2, 0.25) is 0 Å². The van der Waals surface area contributed by atoms with Gasteiger partial charge in [-0.15, -0.1) is 12.4 Å². The average Bonchev–Trinajstić information content (AvgIpc) is 3.63. The number of piperazine rings is 1. The molecule has 1 saturated heterocycles. The van der Waals surface area contributed by atoms with E-state index in [9.17, 15) is 9.59 Å². The lowest BCUT2D eigenvalue weighted by Crippen LogP contribution is -2.45. The Morgan fingerprint density at radius 2 is 1.72 bits per heavy atom. The van der Waals surface area contributed by atoms with Crippen molar-refractivity contribution >= 4 is 35.4 Å². The Hall–Kier alpha value is -4.54. The summed E-state index contributed by atoms with van der Waals surface area (Å²) < 4.78 is 3.59. The first-order valence-corrected chi connectivity index (χ1v) is 14.1. The molecule has 0 spiro atoms. The number of amides is 1. The number of aryl methyl sites for hydroxylation is 2. The summed E-state index contributed by atoms with van der Waals surface area (Å²) in [5, 5.41) is 7.29. The largest absolute Gasteiger partial charge is 0.369 e. The molecule has 222 valence electrons. The van der Waals surface area contributed by atoms with Gasteiger partial charge >= 0.3 is 0 Å². The molecule has 1 aliphatic heterocycles. The molecule has 0 aliphatic carbocycles. The van der Waals surface area contributed by atoms with E-state index in [2.05, 4.69) is 49.4 Å². The molecule has 0 saturated carbocycles. The van der Waals surface area contributed by atoms with Crippen molar-refractivity contribution in [2.24, 2.45) is 7.05 Å². The van der Waals surface area contributed by atoms with Crippen LogP contribution in [0.5, 0.6) is 0 Å². The first-order chi connectivity index (χ1) is 20.4. The van der Waals surface area contributed by atoms with E-state index in [-0.39, 0.29) is 30.5 Å². The maximum Gasteiger partial charge on any atom is 0.253 e. The van der Waals surface area contributed by atoms with E-state index in [1.54, 1.807) is 33.7 Å². The Labute approximate surface area is 256 Å². The van der Waals surface area contributed by atoms with E-state index in [1.165, 1.54) is 0 Å². The Kier molecular flexibility index (Phi) is 8.89. The van der Waals surface area contributed by atoms with Gasteiger partial charge in [-0.25, -0.2) is 4.98 Å². The number of carbonyl (C=O) groups is 2. The monoisotopic (exact) mass is 598 g/mol. The zero-order valence-corrected chi connectivity index (χ0v) is 25.3. The van der Waals surface area contributed by atoms with Gasteiger partial charge in [0, 0.05) is 81.7 Å². The second-order valence-corrected chi connectivity index (χ2v) is 10.8. The summed E-state index contributed by atoms with van der Waals surface area (Å²) in [5.41, 5.74) is 7.18. The summed E-state index contributed by atoms with van der Waals surface area (Å²) in [6.45, 7) is 6.20. The number of nitrogens with one attached hydrogen (secondary N) is 1. The number of hydrogen-bond acceptors (Lipinski definition) is 7. The highest BCUT2D eigenvalue weighted by Crippen LogP contribution is 2.23. The molecule has 1 aromatic carbocycles. The summed E-state index contributed by atoms with van der Waals surface area (Å²) in [4.78, 5) is 40.2. The summed E-state index contributed by atoms with van der Waals surface area (Å²) in [5.74, 6) is -0.318. The smallest absolute Gasteiger partial charge is 0.253 e. The molecule has 10 nitrogen and oxygen atoms in total. The van der Waals surface area contributed by atoms with Crippen LogP contribution >= 0.6 is 12.4 Å². The molecule has 5 aromatic rings. The zero-order valence-electron chi connectivity index (χ0n) is 24.5. The van der Waals surface area contributed by atoms with Gasteiger partial charge in [-0.1, -0.05) is 18.2 Å². The SMILES string of the molecule is Cc1ncc(C(=O)NCc2ccccc2N2CCN(C)CC2)cc1CC(=O)c1cnc2cc(-c3ccnn3C)ccn12.Cl. The number of Topliss-reactive ketones (excluding diaryl/α,β-unsaturated/α-hetero) is 1. The summed E-state index contributed by atoms with van der Waals surface area (Å²) in [6.07, 6.45) is 6.88. The molecule has 0 bridgehead atoms. The third-order valence-electron chi connectivity index (χ3n) is 8.00. The molecule has 5 heterocycles. The number of halogens is 1. The quantitative estimate of drug-likeness (QED) is 0.270. The van der Waals surface area contributed by atoms with Crippen LogP contribution < -0.4 is 10.2 Å². The molecule has 43 heavy (non-hydrogen) atoms. The molecule has 6 rings (SSSR count). The molecule has 1 fully saturated rings. The van der Waals surface area contributed by atoms with E-state index < -0.39 is 0 Å². The van der Waals surface area contributed by atoms with Gasteiger partial charge in [-0.2, -0.15) is 5.10 Å². The van der Waals surface area contributed by atoms with Gasteiger partial charge in [0.05, 0.1) is 17.5 Å². The number of carbonyl (C=O) groups excluding carboxylic acids is 2. The number of hydrogen-bond donors (Lipinski definition) is 1. The third-order valence-corrected chi connectivity index (χ3v) is 8.00. The first-order valence-electron chi connectivity index (χ1n) is 14.1. The number of anilines is 1. The second-order valence-electron chi connectivity index (χ2n) is 10.8. The van der Waals surface area contributed by atoms with Crippen molar-refractivity contribution in [1.82, 2.24) is 34.4 Å². The van der Waals surface area contributed by atoms with Crippen molar-refractivity contribution < 1.29 is 9.59 Å². The Morgan fingerprint density at radius 3 is 2.49 bits per heavy atom. The van der Waals surface area contributed by atoms with Gasteiger partial charge in [-0.05, 0) is 55.4 Å². The number of para-hydroxylation sites is 1. The van der Waals surface area contributed by atoms with Crippen molar-refractivity contribution in [3.63, 3.8) is 0 Å². The lowest BCUT2D eigenvalue weighted by Gasteiger charge is -2.35. The highest BCUT2D eigenvalue weighted by Gasteiger charge is 2.19. The Morgan fingerprint density at radius 1 is 0.930 bits per heavy atom. The van der Waals surface area contributed by atoms with Crippen LogP contribution in [0.3, 0.4) is 0 Å². The second kappa shape index (κ2) is 12.8. The number of ketones is 1. The van der Waals surface area contributed by atoms with E-state index in [0.717, 1.165) is 48.7 Å². The minimum absolute atomic E-state index is 0. The van der Waals surface area contributed by atoms with Crippen LogP contribution in [0.2, 0.25) is 0 Å². The van der Waals surface area contributed by atoms with Crippen molar-refractivity contribution in [2.45, 2.75) is 19.9 Å². The number of pyridine rings is 2. The minimum Gasteiger partial charge on any atom is -0.369 e. The molecule has 4 aromatic heterocycles. The lowest BCUT2D eigenvalue weighted by molar-refractivity contribution is 0.0947. The molecular formula is C32H35ClN8O2. The van der Waals surface area contributed by atoms with Crippen molar-refractivity contribution in [3.05, 3.63) is 101 Å². The van der Waals surface area contributed by atoms with Crippen LogP contribution in [0.25, 0.3) is 16.9 Å². The van der Waals surface area contributed by atoms with E-state index in [1.807, 2.05) is 50.5 Å². The van der Waals surface area contributed by atoms with E-state index >= 15 is 0 Å². The molecule has 11 heteroatoms. The topological polar surface area (TPSA) is 101 Å². The number of fused-ring (bicyclic) bond motifs is 1. The number of nitrogens with zero attached hydrogens (tertiary/aromatic N) is 7. The normalized spacial score (nSPS) is 13.6. The first kappa shape index (κ1) is 29.9. The van der Waals surface area contributed by atoms with Gasteiger partial charge < -0.3 is 15.1 Å². The van der Waals surface area contributed by atoms with Gasteiger partial charge in [-0.3, -0.25) is 23.7 Å². The van der Waals surface area contributed by atoms with Crippen molar-refractivity contribution in [1.29, 1.82) is 0 Å². The fourth-order valence-electron chi connectivity index (χ4n) is 5.44. The number of imidazole rings is 1. The van der Waals surface area contributed by atoms with Crippen molar-refractivity contribution in [3.8, 4) is 11.3 Å². The molecule has 1 amide bonds. The van der Waals surface area contributed by atoms with Crippen LogP contribution in [0.15, 0.2) is 73.3 Å². The van der Waals surface area contributed by atoms with Gasteiger partial charge in [0.15, 0.2) is 5.78 Å². The standard InChI is InChI=1S/C32H34N8O2.ClH/c1-22-25(17-30(41)29-21-34-31-18-23(9-11-40(29)31)27-8-10-36-38(27)3)16-26(20-33-22)32(42)35-19-24-6-4-5-7-28(24)39-14-12-37(2)13-15-39;/h4-11,16,18,20-21H,12-15,17,19H2,1-3H3,(H,35,42);1H. The highest BCUT2D eigenvalue weighted by atomic mass is 35.5. The Balaban J connectivity index is 0.00000368. The number of aromatic nitrogens is 5. The number of likely N-dealkylation sites (N-methyl/N-ethyl adjacent to an activating group) is 1. The zero-order chi connectivity index (χ0) is 29.2. The highest BCUT2D eigenvalue weighted by molar-refractivity contribution is 5.98. The fourth-order valence-corrected chi connectivity index (χ4v) is 5.44. The van der Waals surface area contributed by atoms with Crippen LogP contribution in [0.4, 0.5) is 5.69 Å². The van der Waals surface area contributed by atoms with Crippen LogP contribution in [-0.2, 0) is 20.0 Å². The lowest BCUT2D eigenvalue weighted by atomic mass is 10.0. The minimum atomic E-state index is -0.220.